The Morgan fingerprint density at radius 2 is 1.41 bits per heavy atom. The quantitative estimate of drug-likeness (QED) is 0.533. The molecule has 0 aromatic rings. The molecule has 29 heavy (non-hydrogen) atoms. The summed E-state index contributed by atoms with van der Waals surface area (Å²) in [5.74, 6) is -1.49. The summed E-state index contributed by atoms with van der Waals surface area (Å²) in [6, 6.07) is -1.61. The van der Waals surface area contributed by atoms with Gasteiger partial charge in [-0.05, 0) is 30.7 Å². The number of amides is 2. The third kappa shape index (κ3) is 7.80. The van der Waals surface area contributed by atoms with Crippen molar-refractivity contribution in [2.45, 2.75) is 80.4 Å². The molecule has 0 heterocycles. The van der Waals surface area contributed by atoms with Crippen LogP contribution in [0.5, 0.6) is 0 Å². The summed E-state index contributed by atoms with van der Waals surface area (Å²) in [6.45, 7) is 17.0. The normalized spacial score (nSPS) is 16.2. The second kappa shape index (κ2) is 10.2. The summed E-state index contributed by atoms with van der Waals surface area (Å²) < 4.78 is 0. The van der Waals surface area contributed by atoms with E-state index in [1.807, 2.05) is 55.4 Å². The number of hydrogen-bond acceptors (Lipinski definition) is 4. The van der Waals surface area contributed by atoms with Crippen LogP contribution < -0.4 is 10.6 Å². The molecule has 3 N–H and O–H groups in total. The Balaban J connectivity index is 5.89. The largest absolute Gasteiger partial charge is 0.478 e. The minimum atomic E-state index is -1.01. The zero-order chi connectivity index (χ0) is 23.3. The van der Waals surface area contributed by atoms with E-state index >= 15 is 0 Å². The van der Waals surface area contributed by atoms with Crippen molar-refractivity contribution in [3.8, 4) is 0 Å². The maximum absolute atomic E-state index is 13.4. The van der Waals surface area contributed by atoms with Gasteiger partial charge in [-0.1, -0.05) is 61.5 Å². The number of nitrogens with one attached hydrogen (secondary N) is 2. The number of nitrogens with zero attached hydrogens (tertiary/aromatic N) is 1. The van der Waals surface area contributed by atoms with Crippen LogP contribution in [-0.4, -0.2) is 60.0 Å². The van der Waals surface area contributed by atoms with Crippen molar-refractivity contribution in [3.05, 3.63) is 11.6 Å². The average molecular weight is 412 g/mol. The first-order valence-electron chi connectivity index (χ1n) is 10.1. The fraction of sp³-hybridized carbons (Fsp3) is 0.773. The minimum absolute atomic E-state index is 0.00852. The lowest BCUT2D eigenvalue weighted by molar-refractivity contribution is -0.141. The highest BCUT2D eigenvalue weighted by Crippen LogP contribution is 2.25. The molecule has 7 heteroatoms. The molecule has 0 saturated heterocycles. The second-order valence-electron chi connectivity index (χ2n) is 10.2. The van der Waals surface area contributed by atoms with E-state index in [1.165, 1.54) is 6.92 Å². The lowest BCUT2D eigenvalue weighted by Crippen LogP contribution is -2.60. The Morgan fingerprint density at radius 3 is 1.72 bits per heavy atom. The molecular weight excluding hydrogens is 370 g/mol. The highest BCUT2D eigenvalue weighted by atomic mass is 16.4. The zero-order valence-electron chi connectivity index (χ0n) is 20.0. The van der Waals surface area contributed by atoms with Crippen LogP contribution in [0.15, 0.2) is 11.6 Å². The Labute approximate surface area is 176 Å². The van der Waals surface area contributed by atoms with Crippen LogP contribution >= 0.6 is 0 Å². The van der Waals surface area contributed by atoms with Crippen molar-refractivity contribution in [3.63, 3.8) is 0 Å². The molecule has 168 valence electrons. The van der Waals surface area contributed by atoms with Gasteiger partial charge in [0, 0.05) is 12.6 Å². The topological polar surface area (TPSA) is 98.7 Å². The summed E-state index contributed by atoms with van der Waals surface area (Å²) >= 11 is 0. The third-order valence-electron chi connectivity index (χ3n) is 5.05. The number of carbonyl (C=O) groups is 3. The maximum Gasteiger partial charge on any atom is 0.331 e. The van der Waals surface area contributed by atoms with Crippen molar-refractivity contribution >= 4 is 17.8 Å². The summed E-state index contributed by atoms with van der Waals surface area (Å²) in [5.41, 5.74) is -0.662. The molecule has 0 aliphatic carbocycles. The number of carboxylic acids is 1. The average Bonchev–Trinajstić information content (AvgIpc) is 2.53. The summed E-state index contributed by atoms with van der Waals surface area (Å²) in [4.78, 5) is 39.1. The van der Waals surface area contributed by atoms with Gasteiger partial charge >= 0.3 is 5.97 Å². The van der Waals surface area contributed by atoms with E-state index in [0.29, 0.717) is 0 Å². The van der Waals surface area contributed by atoms with E-state index < -0.39 is 29.5 Å². The molecule has 0 saturated carbocycles. The molecule has 0 spiro atoms. The van der Waals surface area contributed by atoms with Crippen LogP contribution in [0.4, 0.5) is 0 Å². The second-order valence-corrected chi connectivity index (χ2v) is 10.2. The maximum atomic E-state index is 13.4. The van der Waals surface area contributed by atoms with E-state index in [2.05, 4.69) is 10.6 Å². The number of rotatable bonds is 8. The lowest BCUT2D eigenvalue weighted by atomic mass is 9.83. The molecule has 0 aromatic carbocycles. The number of hydrogen-bond donors (Lipinski definition) is 3. The van der Waals surface area contributed by atoms with Crippen molar-refractivity contribution in [1.82, 2.24) is 15.5 Å². The van der Waals surface area contributed by atoms with Gasteiger partial charge in [0.15, 0.2) is 0 Å². The number of carboxylic acid groups (broad SMARTS) is 1. The SMILES string of the molecule is CN[C@H](C(=O)NC(C(=O)N(C)[C@H](/C=C(\C)C(=O)O)C(C)C)C(C)(C)C)C(C)(C)C. The van der Waals surface area contributed by atoms with E-state index in [9.17, 15) is 19.5 Å². The van der Waals surface area contributed by atoms with Gasteiger partial charge in [0.2, 0.25) is 11.8 Å². The Hall–Kier alpha value is -1.89. The van der Waals surface area contributed by atoms with E-state index in [-0.39, 0.29) is 28.7 Å². The van der Waals surface area contributed by atoms with Crippen LogP contribution in [0.2, 0.25) is 0 Å². The molecule has 0 radical (unpaired) electrons. The van der Waals surface area contributed by atoms with Crippen LogP contribution in [0.25, 0.3) is 0 Å². The van der Waals surface area contributed by atoms with Gasteiger partial charge in [-0.15, -0.1) is 0 Å². The minimum Gasteiger partial charge on any atom is -0.478 e. The van der Waals surface area contributed by atoms with Gasteiger partial charge in [0.05, 0.1) is 12.1 Å². The fourth-order valence-electron chi connectivity index (χ4n) is 3.26. The summed E-state index contributed by atoms with van der Waals surface area (Å²) in [7, 11) is 3.38. The van der Waals surface area contributed by atoms with E-state index in [4.69, 9.17) is 0 Å². The highest BCUT2D eigenvalue weighted by Gasteiger charge is 2.39. The van der Waals surface area contributed by atoms with Gasteiger partial charge in [0.25, 0.3) is 0 Å². The van der Waals surface area contributed by atoms with Gasteiger partial charge < -0.3 is 20.6 Å². The predicted molar refractivity (Wildman–Crippen MR) is 116 cm³/mol. The predicted octanol–water partition coefficient (Wildman–Crippen LogP) is 2.67. The Bertz CT molecular complexity index is 627. The molecule has 0 aromatic heterocycles. The molecule has 1 unspecified atom stereocenters. The number of likely N-dealkylation sites (N-methyl/N-ethyl adjacent to an activating group) is 2. The van der Waals surface area contributed by atoms with Gasteiger partial charge in [0.1, 0.15) is 6.04 Å². The van der Waals surface area contributed by atoms with Crippen LogP contribution in [0.1, 0.15) is 62.3 Å². The molecule has 3 atom stereocenters. The lowest BCUT2D eigenvalue weighted by Gasteiger charge is -2.39. The summed E-state index contributed by atoms with van der Waals surface area (Å²) in [5, 5.41) is 15.2. The molecular formula is C22H41N3O4. The van der Waals surface area contributed by atoms with E-state index in [0.717, 1.165) is 0 Å². The molecule has 0 rings (SSSR count). The molecule has 7 nitrogen and oxygen atoms in total. The fourth-order valence-corrected chi connectivity index (χ4v) is 3.26. The first kappa shape index (κ1) is 27.1. The van der Waals surface area contributed by atoms with Crippen molar-refractivity contribution < 1.29 is 19.5 Å². The number of carbonyl (C=O) groups excluding carboxylic acids is 2. The van der Waals surface area contributed by atoms with Crippen molar-refractivity contribution in [1.29, 1.82) is 0 Å². The number of aliphatic carboxylic acids is 1. The van der Waals surface area contributed by atoms with Crippen LogP contribution in [0, 0.1) is 16.7 Å². The molecule has 0 fully saturated rings. The standard InChI is InChI=1S/C22H41N3O4/c1-13(2)15(12-14(3)20(28)29)25(11)19(27)17(22(7,8)9)24-18(26)16(23-10)21(4,5)6/h12-13,15-17,23H,1-11H3,(H,24,26)(H,28,29)/b14-12+/t15-,16-,17?/m1/s1. The van der Waals surface area contributed by atoms with Crippen LogP contribution in [-0.2, 0) is 14.4 Å². The zero-order valence-corrected chi connectivity index (χ0v) is 20.0. The first-order valence-corrected chi connectivity index (χ1v) is 10.1. The Kier molecular flexibility index (Phi) is 9.57. The van der Waals surface area contributed by atoms with Gasteiger partial charge in [-0.25, -0.2) is 4.79 Å². The van der Waals surface area contributed by atoms with E-state index in [1.54, 1.807) is 25.1 Å². The Morgan fingerprint density at radius 1 is 0.966 bits per heavy atom. The highest BCUT2D eigenvalue weighted by molar-refractivity contribution is 5.91. The monoisotopic (exact) mass is 411 g/mol. The molecule has 0 aliphatic heterocycles. The molecule has 0 bridgehead atoms. The van der Waals surface area contributed by atoms with Crippen molar-refractivity contribution in [2.75, 3.05) is 14.1 Å². The summed E-state index contributed by atoms with van der Waals surface area (Å²) in [6.07, 6.45) is 1.60. The first-order chi connectivity index (χ1) is 12.9. The molecule has 0 aliphatic rings. The van der Waals surface area contributed by atoms with Crippen LogP contribution in [0.3, 0.4) is 0 Å². The van der Waals surface area contributed by atoms with Crippen molar-refractivity contribution in [2.24, 2.45) is 16.7 Å². The van der Waals surface area contributed by atoms with Gasteiger partial charge in [-0.3, -0.25) is 9.59 Å². The smallest absolute Gasteiger partial charge is 0.331 e. The van der Waals surface area contributed by atoms with Gasteiger partial charge in [-0.2, -0.15) is 0 Å². The third-order valence-corrected chi connectivity index (χ3v) is 5.05. The molecule has 2 amide bonds.